The second kappa shape index (κ2) is 10.0. The molecule has 37 heavy (non-hydrogen) atoms. The first kappa shape index (κ1) is 24.3. The highest BCUT2D eigenvalue weighted by Crippen LogP contribution is 2.36. The highest BCUT2D eigenvalue weighted by atomic mass is 35.5. The maximum absolute atomic E-state index is 16.1. The van der Waals surface area contributed by atoms with Crippen LogP contribution < -0.4 is 14.5 Å². The predicted molar refractivity (Wildman–Crippen MR) is 141 cm³/mol. The van der Waals surface area contributed by atoms with Crippen LogP contribution in [0, 0.1) is 5.82 Å². The van der Waals surface area contributed by atoms with Crippen molar-refractivity contribution in [3.63, 3.8) is 0 Å². The number of carbonyl (C=O) groups excluding carboxylic acids is 1. The number of aromatic nitrogens is 3. The molecule has 0 spiro atoms. The minimum atomic E-state index is -0.342. The molecule has 3 aliphatic rings. The van der Waals surface area contributed by atoms with Crippen LogP contribution in [0.3, 0.4) is 0 Å². The van der Waals surface area contributed by atoms with Crippen molar-refractivity contribution in [1.29, 1.82) is 0 Å². The number of amides is 1. The Balaban J connectivity index is 1.49. The zero-order chi connectivity index (χ0) is 25.5. The summed E-state index contributed by atoms with van der Waals surface area (Å²) < 4.78 is 23.7. The van der Waals surface area contributed by atoms with Gasteiger partial charge in [0.25, 0.3) is 5.91 Å². The molecule has 0 radical (unpaired) electrons. The molecule has 2 saturated heterocycles. The lowest BCUT2D eigenvalue weighted by Crippen LogP contribution is -2.39. The summed E-state index contributed by atoms with van der Waals surface area (Å²) >= 11 is 6.30. The van der Waals surface area contributed by atoms with Crippen molar-refractivity contribution in [2.75, 3.05) is 49.6 Å². The minimum Gasteiger partial charge on any atom is -0.493 e. The second-order valence-corrected chi connectivity index (χ2v) is 10.7. The van der Waals surface area contributed by atoms with Gasteiger partial charge in [0.15, 0.2) is 17.3 Å². The van der Waals surface area contributed by atoms with Crippen LogP contribution in [0.1, 0.15) is 67.0 Å². The normalized spacial score (nSPS) is 21.0. The fraction of sp³-hybridized carbons (Fsp3) is 0.519. The molecule has 0 unspecified atom stereocenters. The van der Waals surface area contributed by atoms with Gasteiger partial charge in [-0.15, -0.1) is 0 Å². The molecule has 1 atom stereocenters. The molecular formula is C27H32ClFN6O2. The van der Waals surface area contributed by atoms with Gasteiger partial charge in [0.1, 0.15) is 5.75 Å². The summed E-state index contributed by atoms with van der Waals surface area (Å²) in [5.41, 5.74) is 1.81. The summed E-state index contributed by atoms with van der Waals surface area (Å²) in [6, 6.07) is 6.90. The van der Waals surface area contributed by atoms with E-state index in [-0.39, 0.29) is 17.8 Å². The molecule has 0 aliphatic carbocycles. The molecule has 10 heteroatoms. The number of anilines is 2. The zero-order valence-electron chi connectivity index (χ0n) is 21.1. The molecule has 0 N–H and O–H groups in total. The number of nitrogens with zero attached hydrogens (tertiary/aromatic N) is 6. The Labute approximate surface area is 220 Å². The van der Waals surface area contributed by atoms with Gasteiger partial charge in [-0.2, -0.15) is 14.0 Å². The van der Waals surface area contributed by atoms with Crippen molar-refractivity contribution in [2.24, 2.45) is 0 Å². The average molecular weight is 527 g/mol. The molecule has 196 valence electrons. The number of hydrogen-bond donors (Lipinski definition) is 0. The van der Waals surface area contributed by atoms with Crippen LogP contribution in [0.15, 0.2) is 24.3 Å². The first-order valence-corrected chi connectivity index (χ1v) is 13.7. The predicted octanol–water partition coefficient (Wildman–Crippen LogP) is 5.10. The van der Waals surface area contributed by atoms with E-state index in [0.717, 1.165) is 63.7 Å². The van der Waals surface area contributed by atoms with Crippen molar-refractivity contribution in [3.8, 4) is 5.75 Å². The summed E-state index contributed by atoms with van der Waals surface area (Å²) in [6.45, 7) is 3.30. The van der Waals surface area contributed by atoms with E-state index in [1.807, 2.05) is 27.8 Å². The molecule has 0 saturated carbocycles. The fourth-order valence-corrected chi connectivity index (χ4v) is 5.95. The number of benzene rings is 1. The SMILES string of the molecule is CN1CCCCOc2ccc(Cl)cc2C(=O)N2CCCC[C@H]2c2cc3nc(N4CCCC4)c(F)c1n3n2. The number of rotatable bonds is 1. The molecule has 5 heterocycles. The van der Waals surface area contributed by atoms with Gasteiger partial charge in [-0.3, -0.25) is 4.79 Å². The van der Waals surface area contributed by atoms with E-state index in [4.69, 9.17) is 26.4 Å². The maximum Gasteiger partial charge on any atom is 0.258 e. The van der Waals surface area contributed by atoms with E-state index >= 15 is 4.39 Å². The molecule has 2 aromatic heterocycles. The van der Waals surface area contributed by atoms with Gasteiger partial charge in [0.05, 0.1) is 23.9 Å². The lowest BCUT2D eigenvalue weighted by Gasteiger charge is -2.35. The first-order valence-electron chi connectivity index (χ1n) is 13.3. The molecule has 8 nitrogen and oxygen atoms in total. The van der Waals surface area contributed by atoms with Crippen LogP contribution >= 0.6 is 11.6 Å². The third kappa shape index (κ3) is 4.47. The number of fused-ring (bicyclic) bond motifs is 4. The lowest BCUT2D eigenvalue weighted by molar-refractivity contribution is 0.0601. The summed E-state index contributed by atoms with van der Waals surface area (Å²) in [7, 11) is 1.90. The van der Waals surface area contributed by atoms with Crippen LogP contribution in [-0.2, 0) is 0 Å². The van der Waals surface area contributed by atoms with Gasteiger partial charge >= 0.3 is 0 Å². The smallest absolute Gasteiger partial charge is 0.258 e. The zero-order valence-corrected chi connectivity index (χ0v) is 21.9. The Kier molecular flexibility index (Phi) is 6.56. The Morgan fingerprint density at radius 2 is 1.81 bits per heavy atom. The van der Waals surface area contributed by atoms with Crippen molar-refractivity contribution in [2.45, 2.75) is 51.0 Å². The Hall–Kier alpha value is -3.07. The number of ether oxygens (including phenoxy) is 1. The van der Waals surface area contributed by atoms with Gasteiger partial charge in [-0.05, 0) is 63.1 Å². The molecule has 6 rings (SSSR count). The molecule has 2 bridgehead atoms. The van der Waals surface area contributed by atoms with Gasteiger partial charge in [0.2, 0.25) is 5.82 Å². The van der Waals surface area contributed by atoms with Crippen LogP contribution in [-0.4, -0.2) is 65.2 Å². The third-order valence-corrected chi connectivity index (χ3v) is 7.95. The maximum atomic E-state index is 16.1. The monoisotopic (exact) mass is 526 g/mol. The van der Waals surface area contributed by atoms with Crippen molar-refractivity contribution >= 4 is 34.8 Å². The summed E-state index contributed by atoms with van der Waals surface area (Å²) in [4.78, 5) is 24.4. The second-order valence-electron chi connectivity index (χ2n) is 10.2. The highest BCUT2D eigenvalue weighted by molar-refractivity contribution is 6.31. The van der Waals surface area contributed by atoms with E-state index in [1.54, 1.807) is 22.7 Å². The summed E-state index contributed by atoms with van der Waals surface area (Å²) in [5, 5.41) is 5.37. The van der Waals surface area contributed by atoms with Crippen LogP contribution in [0.5, 0.6) is 5.75 Å². The average Bonchev–Trinajstić information content (AvgIpc) is 3.58. The largest absolute Gasteiger partial charge is 0.493 e. The number of piperidine rings is 1. The quantitative estimate of drug-likeness (QED) is 0.439. The highest BCUT2D eigenvalue weighted by Gasteiger charge is 2.34. The topological polar surface area (TPSA) is 66.2 Å². The van der Waals surface area contributed by atoms with Gasteiger partial charge in [0, 0.05) is 44.3 Å². The van der Waals surface area contributed by atoms with Crippen molar-refractivity contribution < 1.29 is 13.9 Å². The molecule has 3 aromatic rings. The molecular weight excluding hydrogens is 495 g/mol. The van der Waals surface area contributed by atoms with E-state index in [0.29, 0.717) is 53.3 Å². The lowest BCUT2D eigenvalue weighted by atomic mass is 9.98. The van der Waals surface area contributed by atoms with Gasteiger partial charge < -0.3 is 19.4 Å². The van der Waals surface area contributed by atoms with Gasteiger partial charge in [-0.25, -0.2) is 4.98 Å². The van der Waals surface area contributed by atoms with E-state index in [1.165, 1.54) is 0 Å². The van der Waals surface area contributed by atoms with E-state index in [9.17, 15) is 4.79 Å². The third-order valence-electron chi connectivity index (χ3n) is 7.71. The first-order chi connectivity index (χ1) is 18.0. The van der Waals surface area contributed by atoms with Crippen molar-refractivity contribution in [1.82, 2.24) is 19.5 Å². The Morgan fingerprint density at radius 1 is 1.03 bits per heavy atom. The summed E-state index contributed by atoms with van der Waals surface area (Å²) in [5.74, 6) is 0.885. The Morgan fingerprint density at radius 3 is 2.65 bits per heavy atom. The van der Waals surface area contributed by atoms with E-state index < -0.39 is 0 Å². The fourth-order valence-electron chi connectivity index (χ4n) is 5.78. The molecule has 1 aromatic carbocycles. The number of carbonyl (C=O) groups is 1. The standard InChI is InChI=1S/C27H32ClFN6O2/c1-32-11-6-7-15-37-22-10-9-18(28)16-19(22)27(36)34-14-3-2-8-21(34)20-17-23-30-25(33-12-4-5-13-33)24(29)26(32)35(23)31-20/h9-10,16-17,21H,2-8,11-15H2,1H3/t21-/m0/s1. The molecule has 3 aliphatic heterocycles. The van der Waals surface area contributed by atoms with Crippen molar-refractivity contribution in [3.05, 3.63) is 46.4 Å². The number of hydrogen-bond acceptors (Lipinski definition) is 6. The summed E-state index contributed by atoms with van der Waals surface area (Å²) in [6.07, 6.45) is 6.28. The van der Waals surface area contributed by atoms with E-state index in [2.05, 4.69) is 0 Å². The molecule has 2 fully saturated rings. The number of halogens is 2. The minimum absolute atomic E-state index is 0.122. The Bertz CT molecular complexity index is 1320. The van der Waals surface area contributed by atoms with Gasteiger partial charge in [-0.1, -0.05) is 11.6 Å². The van der Waals surface area contributed by atoms with Crippen LogP contribution in [0.4, 0.5) is 16.0 Å². The van der Waals surface area contributed by atoms with Crippen LogP contribution in [0.25, 0.3) is 5.65 Å². The van der Waals surface area contributed by atoms with Crippen LogP contribution in [0.2, 0.25) is 5.02 Å². The molecule has 1 amide bonds.